The van der Waals surface area contributed by atoms with Crippen molar-refractivity contribution in [1.82, 2.24) is 0 Å². The van der Waals surface area contributed by atoms with E-state index in [2.05, 4.69) is 5.32 Å². The molecule has 0 aromatic heterocycles. The highest BCUT2D eigenvalue weighted by Crippen LogP contribution is 2.31. The number of imide groups is 1. The van der Waals surface area contributed by atoms with E-state index in [0.29, 0.717) is 17.4 Å². The van der Waals surface area contributed by atoms with Crippen molar-refractivity contribution in [3.05, 3.63) is 90.2 Å². The van der Waals surface area contributed by atoms with Gasteiger partial charge in [-0.3, -0.25) is 14.6 Å². The Hall–Kier alpha value is -3.65. The maximum Gasteiger partial charge on any atom is 0.247 e. The van der Waals surface area contributed by atoms with Crippen LogP contribution in [0, 0.1) is 5.82 Å². The Morgan fingerprint density at radius 1 is 1.06 bits per heavy atom. The molecule has 3 aromatic rings. The lowest BCUT2D eigenvalue weighted by Gasteiger charge is -2.16. The van der Waals surface area contributed by atoms with Gasteiger partial charge in [0.25, 0.3) is 0 Å². The van der Waals surface area contributed by atoms with E-state index in [1.54, 1.807) is 7.11 Å². The predicted molar refractivity (Wildman–Crippen MR) is 134 cm³/mol. The first-order valence-corrected chi connectivity index (χ1v) is 11.7. The summed E-state index contributed by atoms with van der Waals surface area (Å²) in [5, 5.41) is 3.19. The van der Waals surface area contributed by atoms with E-state index in [4.69, 9.17) is 9.73 Å². The first-order valence-electron chi connectivity index (χ1n) is 10.8. The smallest absolute Gasteiger partial charge is 0.247 e. The first kappa shape index (κ1) is 23.5. The zero-order valence-electron chi connectivity index (χ0n) is 18.6. The summed E-state index contributed by atoms with van der Waals surface area (Å²) in [4.78, 5) is 31.5. The number of aliphatic imine (C=N–C) groups is 1. The van der Waals surface area contributed by atoms with Crippen LogP contribution in [0.2, 0.25) is 0 Å². The van der Waals surface area contributed by atoms with E-state index in [1.165, 1.54) is 36.0 Å². The Morgan fingerprint density at radius 2 is 1.76 bits per heavy atom. The van der Waals surface area contributed by atoms with Gasteiger partial charge in [0.1, 0.15) is 16.8 Å². The van der Waals surface area contributed by atoms with Gasteiger partial charge < -0.3 is 10.1 Å². The van der Waals surface area contributed by atoms with Crippen molar-refractivity contribution < 1.29 is 18.7 Å². The van der Waals surface area contributed by atoms with Crippen LogP contribution in [0.1, 0.15) is 12.0 Å². The molecule has 0 bridgehead atoms. The number of carbonyl (C=O) groups is 2. The van der Waals surface area contributed by atoms with E-state index in [0.717, 1.165) is 28.3 Å². The van der Waals surface area contributed by atoms with Crippen LogP contribution in [0.5, 0.6) is 5.75 Å². The minimum atomic E-state index is -0.626. The van der Waals surface area contributed by atoms with Gasteiger partial charge in [-0.15, -0.1) is 0 Å². The molecular formula is C26H24FN3O3S. The third-order valence-electron chi connectivity index (χ3n) is 5.28. The normalized spacial score (nSPS) is 16.1. The number of hydrogen-bond acceptors (Lipinski definition) is 5. The molecule has 0 radical (unpaired) electrons. The number of nitrogens with one attached hydrogen (secondary N) is 1. The zero-order chi connectivity index (χ0) is 23.9. The minimum absolute atomic E-state index is 0.0445. The molecule has 174 valence electrons. The quantitative estimate of drug-likeness (QED) is 0.297. The topological polar surface area (TPSA) is 71.0 Å². The maximum atomic E-state index is 13.3. The number of nitrogens with zero attached hydrogens (tertiary/aromatic N) is 2. The van der Waals surface area contributed by atoms with Crippen LogP contribution in [0.15, 0.2) is 83.9 Å². The Balaban J connectivity index is 1.50. The predicted octanol–water partition coefficient (Wildman–Crippen LogP) is 4.91. The lowest BCUT2D eigenvalue weighted by atomic mass is 10.2. The van der Waals surface area contributed by atoms with Crippen molar-refractivity contribution in [3.63, 3.8) is 0 Å². The van der Waals surface area contributed by atoms with Crippen molar-refractivity contribution in [3.8, 4) is 5.75 Å². The minimum Gasteiger partial charge on any atom is -0.497 e. The van der Waals surface area contributed by atoms with Gasteiger partial charge in [-0.25, -0.2) is 9.29 Å². The van der Waals surface area contributed by atoms with Gasteiger partial charge in [0.05, 0.1) is 12.8 Å². The highest BCUT2D eigenvalue weighted by molar-refractivity contribution is 8.15. The fourth-order valence-electron chi connectivity index (χ4n) is 3.53. The van der Waals surface area contributed by atoms with E-state index in [1.807, 2.05) is 54.6 Å². The molecule has 4 rings (SSSR count). The molecule has 0 spiro atoms. The van der Waals surface area contributed by atoms with E-state index >= 15 is 0 Å². The molecule has 8 heteroatoms. The van der Waals surface area contributed by atoms with E-state index in [9.17, 15) is 14.0 Å². The second-order valence-corrected chi connectivity index (χ2v) is 8.82. The highest BCUT2D eigenvalue weighted by atomic mass is 32.2. The largest absolute Gasteiger partial charge is 0.497 e. The third-order valence-corrected chi connectivity index (χ3v) is 6.39. The van der Waals surface area contributed by atoms with Crippen molar-refractivity contribution in [2.45, 2.75) is 18.1 Å². The number of amidine groups is 1. The van der Waals surface area contributed by atoms with Crippen LogP contribution in [-0.4, -0.2) is 35.9 Å². The summed E-state index contributed by atoms with van der Waals surface area (Å²) in [5.74, 6) is -0.353. The summed E-state index contributed by atoms with van der Waals surface area (Å²) in [7, 11) is 1.60. The Bertz CT molecular complexity index is 1170. The Labute approximate surface area is 201 Å². The molecule has 1 atom stereocenters. The van der Waals surface area contributed by atoms with Crippen molar-refractivity contribution in [2.75, 3.05) is 23.9 Å². The molecule has 1 saturated heterocycles. The number of anilines is 2. The molecule has 0 saturated carbocycles. The Morgan fingerprint density at radius 3 is 2.44 bits per heavy atom. The van der Waals surface area contributed by atoms with Gasteiger partial charge in [0.15, 0.2) is 5.17 Å². The molecule has 3 aromatic carbocycles. The average molecular weight is 478 g/mol. The average Bonchev–Trinajstić information content (AvgIpc) is 3.13. The molecule has 0 unspecified atom stereocenters. The van der Waals surface area contributed by atoms with Gasteiger partial charge in [0, 0.05) is 18.7 Å². The van der Waals surface area contributed by atoms with Gasteiger partial charge in [-0.05, 0) is 60.5 Å². The maximum absolute atomic E-state index is 13.3. The number of hydrogen-bond donors (Lipinski definition) is 1. The van der Waals surface area contributed by atoms with E-state index in [-0.39, 0.29) is 18.2 Å². The fourth-order valence-corrected chi connectivity index (χ4v) is 4.57. The number of methoxy groups -OCH3 is 1. The standard InChI is InChI=1S/C26H24FN3O3S/c1-33-22-13-9-20(10-14-22)29-26(28-16-15-18-5-3-2-4-6-18)34-23-17-24(31)30(25(23)32)21-11-7-19(27)8-12-21/h2-14,23H,15-17H2,1H3,(H,28,29)/t23-/m0/s1. The van der Waals surface area contributed by atoms with Crippen LogP contribution in [-0.2, 0) is 16.0 Å². The van der Waals surface area contributed by atoms with Crippen LogP contribution < -0.4 is 15.0 Å². The van der Waals surface area contributed by atoms with Crippen molar-refractivity contribution >= 4 is 40.1 Å². The molecule has 1 aliphatic heterocycles. The summed E-state index contributed by atoms with van der Waals surface area (Å²) in [6.07, 6.45) is 0.789. The highest BCUT2D eigenvalue weighted by Gasteiger charge is 2.40. The van der Waals surface area contributed by atoms with Crippen LogP contribution in [0.25, 0.3) is 0 Å². The number of ether oxygens (including phenoxy) is 1. The Kier molecular flexibility index (Phi) is 7.59. The summed E-state index contributed by atoms with van der Waals surface area (Å²) in [6, 6.07) is 22.7. The molecule has 34 heavy (non-hydrogen) atoms. The van der Waals surface area contributed by atoms with Crippen LogP contribution in [0.4, 0.5) is 15.8 Å². The second kappa shape index (κ2) is 11.0. The van der Waals surface area contributed by atoms with Gasteiger partial charge in [0.2, 0.25) is 11.8 Å². The first-order chi connectivity index (χ1) is 16.5. The number of halogens is 1. The van der Waals surface area contributed by atoms with Gasteiger partial charge in [-0.2, -0.15) is 0 Å². The SMILES string of the molecule is COc1ccc(NC(=NCCc2ccccc2)S[C@H]2CC(=O)N(c3ccc(F)cc3)C2=O)cc1. The summed E-state index contributed by atoms with van der Waals surface area (Å²) in [5.41, 5.74) is 2.32. The van der Waals surface area contributed by atoms with Crippen LogP contribution >= 0.6 is 11.8 Å². The third kappa shape index (κ3) is 5.82. The second-order valence-electron chi connectivity index (χ2n) is 7.63. The van der Waals surface area contributed by atoms with Gasteiger partial charge in [-0.1, -0.05) is 42.1 Å². The molecule has 1 N–H and O–H groups in total. The zero-order valence-corrected chi connectivity index (χ0v) is 19.4. The summed E-state index contributed by atoms with van der Waals surface area (Å²) in [6.45, 7) is 0.520. The molecule has 2 amide bonds. The fraction of sp³-hybridized carbons (Fsp3) is 0.192. The molecule has 0 aliphatic carbocycles. The number of carbonyl (C=O) groups excluding carboxylic acids is 2. The van der Waals surface area contributed by atoms with Gasteiger partial charge >= 0.3 is 0 Å². The number of rotatable bonds is 7. The molecular weight excluding hydrogens is 453 g/mol. The number of thioether (sulfide) groups is 1. The van der Waals surface area contributed by atoms with E-state index < -0.39 is 11.1 Å². The van der Waals surface area contributed by atoms with Crippen LogP contribution in [0.3, 0.4) is 0 Å². The summed E-state index contributed by atoms with van der Waals surface area (Å²) >= 11 is 1.23. The van der Waals surface area contributed by atoms with Crippen molar-refractivity contribution in [2.24, 2.45) is 4.99 Å². The monoisotopic (exact) mass is 477 g/mol. The molecule has 1 aliphatic rings. The molecule has 1 heterocycles. The molecule has 1 fully saturated rings. The van der Waals surface area contributed by atoms with Crippen molar-refractivity contribution in [1.29, 1.82) is 0 Å². The summed E-state index contributed by atoms with van der Waals surface area (Å²) < 4.78 is 18.5. The number of benzene rings is 3. The lowest BCUT2D eigenvalue weighted by Crippen LogP contribution is -2.31. The lowest BCUT2D eigenvalue weighted by molar-refractivity contribution is -0.121. The molecule has 6 nitrogen and oxygen atoms in total. The number of amides is 2.